The summed E-state index contributed by atoms with van der Waals surface area (Å²) in [6, 6.07) is 0. The van der Waals surface area contributed by atoms with E-state index >= 15 is 0 Å². The smallest absolute Gasteiger partial charge is 0.306 e. The fourth-order valence-corrected chi connectivity index (χ4v) is 2.75. The van der Waals surface area contributed by atoms with Gasteiger partial charge in [-0.3, -0.25) is 4.79 Å². The summed E-state index contributed by atoms with van der Waals surface area (Å²) in [5, 5.41) is 0.814. The van der Waals surface area contributed by atoms with Crippen molar-refractivity contribution in [3.05, 3.63) is 0 Å². The second-order valence-electron chi connectivity index (χ2n) is 3.10. The van der Waals surface area contributed by atoms with Crippen LogP contribution in [0.3, 0.4) is 0 Å². The zero-order valence-corrected chi connectivity index (χ0v) is 8.36. The van der Waals surface area contributed by atoms with E-state index in [0.717, 1.165) is 11.0 Å². The number of esters is 1. The number of rotatable bonds is 4. The molecule has 1 saturated carbocycles. The molecule has 0 aliphatic heterocycles. The largest absolute Gasteiger partial charge is 0.469 e. The van der Waals surface area contributed by atoms with Crippen LogP contribution >= 0.6 is 11.8 Å². The van der Waals surface area contributed by atoms with Gasteiger partial charge in [-0.2, -0.15) is 11.8 Å². The number of hydrogen-bond donors (Lipinski definition) is 0. The van der Waals surface area contributed by atoms with Crippen LogP contribution < -0.4 is 0 Å². The predicted molar refractivity (Wildman–Crippen MR) is 51.3 cm³/mol. The summed E-state index contributed by atoms with van der Waals surface area (Å²) in [4.78, 5) is 10.8. The molecule has 0 aromatic heterocycles. The predicted octanol–water partition coefficient (Wildman–Crippen LogP) is 2.23. The van der Waals surface area contributed by atoms with Crippen LogP contribution in [0.15, 0.2) is 0 Å². The minimum absolute atomic E-state index is 0.0829. The molecule has 70 valence electrons. The van der Waals surface area contributed by atoms with Crippen LogP contribution in [0.1, 0.15) is 32.1 Å². The van der Waals surface area contributed by atoms with E-state index in [1.807, 2.05) is 11.8 Å². The quantitative estimate of drug-likeness (QED) is 0.633. The van der Waals surface area contributed by atoms with Crippen LogP contribution in [0.2, 0.25) is 0 Å². The second-order valence-corrected chi connectivity index (χ2v) is 4.51. The lowest BCUT2D eigenvalue weighted by atomic mass is 10.4. The lowest BCUT2D eigenvalue weighted by Gasteiger charge is -2.06. The van der Waals surface area contributed by atoms with Crippen molar-refractivity contribution in [1.29, 1.82) is 0 Å². The van der Waals surface area contributed by atoms with Crippen molar-refractivity contribution >= 4 is 17.7 Å². The Balaban J connectivity index is 1.97. The number of hydrogen-bond acceptors (Lipinski definition) is 3. The highest BCUT2D eigenvalue weighted by atomic mass is 32.2. The highest BCUT2D eigenvalue weighted by Gasteiger charge is 2.15. The molecule has 1 aliphatic rings. The van der Waals surface area contributed by atoms with Gasteiger partial charge in [0.1, 0.15) is 0 Å². The molecule has 3 heteroatoms. The third-order valence-corrected chi connectivity index (χ3v) is 3.57. The van der Waals surface area contributed by atoms with E-state index < -0.39 is 0 Å². The van der Waals surface area contributed by atoms with Gasteiger partial charge in [0.2, 0.25) is 0 Å². The average Bonchev–Trinajstić information content (AvgIpc) is 2.57. The molecule has 1 aliphatic carbocycles. The summed E-state index contributed by atoms with van der Waals surface area (Å²) < 4.78 is 4.56. The molecule has 0 amide bonds. The molecule has 0 aromatic rings. The lowest BCUT2D eigenvalue weighted by Crippen LogP contribution is -2.03. The second kappa shape index (κ2) is 5.46. The molecular weight excluding hydrogens is 172 g/mol. The molecule has 0 radical (unpaired) electrons. The summed E-state index contributed by atoms with van der Waals surface area (Å²) in [7, 11) is 1.45. The van der Waals surface area contributed by atoms with Crippen LogP contribution in [0, 0.1) is 0 Å². The van der Waals surface area contributed by atoms with Crippen LogP contribution in [-0.4, -0.2) is 24.1 Å². The fourth-order valence-electron chi connectivity index (χ4n) is 1.47. The Morgan fingerprint density at radius 3 is 2.75 bits per heavy atom. The maximum absolute atomic E-state index is 10.8. The van der Waals surface area contributed by atoms with Gasteiger partial charge < -0.3 is 4.74 Å². The first kappa shape index (κ1) is 9.90. The first-order valence-electron chi connectivity index (χ1n) is 4.51. The molecule has 0 spiro atoms. The van der Waals surface area contributed by atoms with Crippen LogP contribution in [-0.2, 0) is 9.53 Å². The van der Waals surface area contributed by atoms with E-state index in [1.54, 1.807) is 0 Å². The molecule has 1 rings (SSSR count). The minimum atomic E-state index is -0.0829. The van der Waals surface area contributed by atoms with E-state index in [-0.39, 0.29) is 5.97 Å². The Hall–Kier alpha value is -0.180. The fraction of sp³-hybridized carbons (Fsp3) is 0.889. The van der Waals surface area contributed by atoms with Crippen molar-refractivity contribution in [2.24, 2.45) is 0 Å². The summed E-state index contributed by atoms with van der Waals surface area (Å²) in [5.74, 6) is 0.845. The topological polar surface area (TPSA) is 26.3 Å². The molecule has 12 heavy (non-hydrogen) atoms. The van der Waals surface area contributed by atoms with Crippen molar-refractivity contribution in [3.63, 3.8) is 0 Å². The van der Waals surface area contributed by atoms with Gasteiger partial charge in [0.05, 0.1) is 13.5 Å². The first-order chi connectivity index (χ1) is 5.83. The Labute approximate surface area is 78.1 Å². The molecule has 2 nitrogen and oxygen atoms in total. The van der Waals surface area contributed by atoms with Crippen molar-refractivity contribution in [1.82, 2.24) is 0 Å². The van der Waals surface area contributed by atoms with E-state index in [2.05, 4.69) is 4.74 Å². The molecule has 0 aromatic carbocycles. The minimum Gasteiger partial charge on any atom is -0.469 e. The van der Waals surface area contributed by atoms with Gasteiger partial charge in [-0.05, 0) is 12.8 Å². The zero-order chi connectivity index (χ0) is 8.81. The molecule has 0 N–H and O–H groups in total. The summed E-state index contributed by atoms with van der Waals surface area (Å²) in [6.45, 7) is 0. The molecule has 1 fully saturated rings. The van der Waals surface area contributed by atoms with E-state index in [4.69, 9.17) is 0 Å². The van der Waals surface area contributed by atoms with Gasteiger partial charge in [-0.1, -0.05) is 12.8 Å². The van der Waals surface area contributed by atoms with Gasteiger partial charge >= 0.3 is 5.97 Å². The van der Waals surface area contributed by atoms with Crippen molar-refractivity contribution in [2.75, 3.05) is 12.9 Å². The van der Waals surface area contributed by atoms with Crippen molar-refractivity contribution in [2.45, 2.75) is 37.4 Å². The van der Waals surface area contributed by atoms with Gasteiger partial charge in [-0.15, -0.1) is 0 Å². The van der Waals surface area contributed by atoms with Crippen molar-refractivity contribution < 1.29 is 9.53 Å². The molecule has 0 bridgehead atoms. The van der Waals surface area contributed by atoms with Crippen LogP contribution in [0.5, 0.6) is 0 Å². The monoisotopic (exact) mass is 188 g/mol. The Morgan fingerprint density at radius 1 is 1.50 bits per heavy atom. The lowest BCUT2D eigenvalue weighted by molar-refractivity contribution is -0.140. The molecule has 0 unspecified atom stereocenters. The molecule has 0 saturated heterocycles. The highest BCUT2D eigenvalue weighted by molar-refractivity contribution is 7.99. The van der Waals surface area contributed by atoms with Gasteiger partial charge in [-0.25, -0.2) is 0 Å². The summed E-state index contributed by atoms with van der Waals surface area (Å²) in [5.41, 5.74) is 0. The molecule has 0 heterocycles. The average molecular weight is 188 g/mol. The first-order valence-corrected chi connectivity index (χ1v) is 5.56. The van der Waals surface area contributed by atoms with Gasteiger partial charge in [0.25, 0.3) is 0 Å². The van der Waals surface area contributed by atoms with Gasteiger partial charge in [0.15, 0.2) is 0 Å². The van der Waals surface area contributed by atoms with Crippen molar-refractivity contribution in [3.8, 4) is 0 Å². The van der Waals surface area contributed by atoms with Crippen LogP contribution in [0.4, 0.5) is 0 Å². The van der Waals surface area contributed by atoms with Gasteiger partial charge in [0, 0.05) is 11.0 Å². The maximum Gasteiger partial charge on any atom is 0.306 e. The maximum atomic E-state index is 10.8. The molecule has 0 atom stereocenters. The third-order valence-electron chi connectivity index (χ3n) is 2.19. The number of methoxy groups -OCH3 is 1. The Kier molecular flexibility index (Phi) is 4.51. The third kappa shape index (κ3) is 3.48. The number of ether oxygens (including phenoxy) is 1. The summed E-state index contributed by atoms with van der Waals surface area (Å²) >= 11 is 1.93. The zero-order valence-electron chi connectivity index (χ0n) is 7.54. The standard InChI is InChI=1S/C9H16O2S/c1-11-9(10)6-7-12-8-4-2-3-5-8/h8H,2-7H2,1H3. The summed E-state index contributed by atoms with van der Waals surface area (Å²) in [6.07, 6.45) is 5.99. The number of carbonyl (C=O) groups excluding carboxylic acids is 1. The SMILES string of the molecule is COC(=O)CCSC1CCCC1. The van der Waals surface area contributed by atoms with E-state index in [1.165, 1.54) is 32.8 Å². The Bertz CT molecular complexity index is 141. The number of thioether (sulfide) groups is 1. The van der Waals surface area contributed by atoms with E-state index in [9.17, 15) is 4.79 Å². The highest BCUT2D eigenvalue weighted by Crippen LogP contribution is 2.29. The molecular formula is C9H16O2S. The normalized spacial score (nSPS) is 18.1. The van der Waals surface area contributed by atoms with E-state index in [0.29, 0.717) is 6.42 Å². The number of carbonyl (C=O) groups is 1. The Morgan fingerprint density at radius 2 is 2.17 bits per heavy atom. The van der Waals surface area contributed by atoms with Crippen LogP contribution in [0.25, 0.3) is 0 Å².